The summed E-state index contributed by atoms with van der Waals surface area (Å²) in [7, 11) is -2.56. The number of benzene rings is 1. The molecule has 0 spiro atoms. The summed E-state index contributed by atoms with van der Waals surface area (Å²) >= 11 is 5.98. The largest absolute Gasteiger partial charge is 0.495 e. The van der Waals surface area contributed by atoms with Gasteiger partial charge in [-0.1, -0.05) is 11.6 Å². The van der Waals surface area contributed by atoms with Crippen LogP contribution < -0.4 is 14.4 Å². The molecule has 0 aliphatic rings. The molecule has 0 aliphatic heterocycles. The van der Waals surface area contributed by atoms with Gasteiger partial charge in [-0.15, -0.1) is 0 Å². The predicted molar refractivity (Wildman–Crippen MR) is 104 cm³/mol. The van der Waals surface area contributed by atoms with E-state index in [-0.39, 0.29) is 27.0 Å². The Morgan fingerprint density at radius 2 is 1.96 bits per heavy atom. The number of carbonyl (C=O) groups is 1. The molecule has 0 atom stereocenters. The molecule has 146 valence electrons. The Balaban J connectivity index is 2.40. The average molecular weight is 414 g/mol. The summed E-state index contributed by atoms with van der Waals surface area (Å²) in [6, 6.07) is 5.26. The minimum Gasteiger partial charge on any atom is -0.495 e. The number of pyridine rings is 1. The van der Waals surface area contributed by atoms with Gasteiger partial charge in [0.15, 0.2) is 0 Å². The highest BCUT2D eigenvalue weighted by atomic mass is 35.5. The SMILES string of the molecule is CCN(CC)c1ncc(NS(=O)(=O)c2ccc(OC)c(Cl)c2)cc1C(=O)O. The van der Waals surface area contributed by atoms with E-state index in [1.54, 1.807) is 4.90 Å². The van der Waals surface area contributed by atoms with Crippen LogP contribution in [0.2, 0.25) is 5.02 Å². The fourth-order valence-electron chi connectivity index (χ4n) is 2.47. The van der Waals surface area contributed by atoms with E-state index in [9.17, 15) is 18.3 Å². The van der Waals surface area contributed by atoms with Gasteiger partial charge in [0, 0.05) is 13.1 Å². The fraction of sp³-hybridized carbons (Fsp3) is 0.294. The van der Waals surface area contributed by atoms with Crippen molar-refractivity contribution in [2.45, 2.75) is 18.7 Å². The second kappa shape index (κ2) is 8.45. The van der Waals surface area contributed by atoms with Crippen molar-refractivity contribution in [3.63, 3.8) is 0 Å². The average Bonchev–Trinajstić information content (AvgIpc) is 2.63. The molecule has 0 aliphatic carbocycles. The van der Waals surface area contributed by atoms with Crippen molar-refractivity contribution in [1.82, 2.24) is 4.98 Å². The third kappa shape index (κ3) is 4.61. The first-order valence-electron chi connectivity index (χ1n) is 8.08. The molecule has 27 heavy (non-hydrogen) atoms. The predicted octanol–water partition coefficient (Wildman–Crippen LogP) is 3.09. The maximum absolute atomic E-state index is 12.6. The second-order valence-corrected chi connectivity index (χ2v) is 7.56. The van der Waals surface area contributed by atoms with E-state index in [0.717, 1.165) is 0 Å². The van der Waals surface area contributed by atoms with Crippen LogP contribution in [0.25, 0.3) is 0 Å². The first-order valence-corrected chi connectivity index (χ1v) is 9.94. The van der Waals surface area contributed by atoms with E-state index in [0.29, 0.717) is 18.8 Å². The molecule has 2 aromatic rings. The summed E-state index contributed by atoms with van der Waals surface area (Å²) < 4.78 is 32.5. The van der Waals surface area contributed by atoms with Gasteiger partial charge in [-0.25, -0.2) is 18.2 Å². The Morgan fingerprint density at radius 1 is 1.30 bits per heavy atom. The second-order valence-electron chi connectivity index (χ2n) is 5.47. The lowest BCUT2D eigenvalue weighted by Gasteiger charge is -2.22. The molecule has 0 saturated carbocycles. The van der Waals surface area contributed by atoms with Gasteiger partial charge >= 0.3 is 5.97 Å². The Morgan fingerprint density at radius 3 is 2.48 bits per heavy atom. The molecule has 2 N–H and O–H groups in total. The third-order valence-corrected chi connectivity index (χ3v) is 5.52. The molecular weight excluding hydrogens is 394 g/mol. The van der Waals surface area contributed by atoms with Crippen LogP contribution in [-0.2, 0) is 10.0 Å². The molecule has 8 nitrogen and oxygen atoms in total. The molecule has 0 radical (unpaired) electrons. The number of hydrogen-bond acceptors (Lipinski definition) is 6. The molecule has 1 heterocycles. The number of carboxylic acid groups (broad SMARTS) is 1. The van der Waals surface area contributed by atoms with E-state index in [4.69, 9.17) is 16.3 Å². The van der Waals surface area contributed by atoms with Crippen LogP contribution in [0, 0.1) is 0 Å². The summed E-state index contributed by atoms with van der Waals surface area (Å²) in [4.78, 5) is 17.4. The molecule has 0 saturated heterocycles. The summed E-state index contributed by atoms with van der Waals surface area (Å²) in [5, 5.41) is 9.60. The number of halogens is 1. The first kappa shape index (κ1) is 20.8. The number of hydrogen-bond donors (Lipinski definition) is 2. The zero-order chi connectivity index (χ0) is 20.2. The molecule has 0 unspecified atom stereocenters. The highest BCUT2D eigenvalue weighted by Crippen LogP contribution is 2.28. The van der Waals surface area contributed by atoms with Gasteiger partial charge in [0.05, 0.1) is 28.9 Å². The molecule has 1 aromatic heterocycles. The number of nitrogens with one attached hydrogen (secondary N) is 1. The van der Waals surface area contributed by atoms with Crippen LogP contribution in [0.3, 0.4) is 0 Å². The van der Waals surface area contributed by atoms with Gasteiger partial charge in [0.2, 0.25) is 0 Å². The number of methoxy groups -OCH3 is 1. The summed E-state index contributed by atoms with van der Waals surface area (Å²) in [5.74, 6) is -0.574. The number of rotatable bonds is 8. The normalized spacial score (nSPS) is 11.1. The minimum atomic E-state index is -3.98. The molecule has 0 fully saturated rings. The molecule has 2 rings (SSSR count). The number of ether oxygens (including phenoxy) is 1. The van der Waals surface area contributed by atoms with Crippen LogP contribution in [0.5, 0.6) is 5.75 Å². The van der Waals surface area contributed by atoms with Gasteiger partial charge in [-0.3, -0.25) is 4.72 Å². The number of nitrogens with zero attached hydrogens (tertiary/aromatic N) is 2. The monoisotopic (exact) mass is 413 g/mol. The number of aromatic nitrogens is 1. The van der Waals surface area contributed by atoms with Crippen molar-refractivity contribution in [1.29, 1.82) is 0 Å². The Labute approximate surface area is 162 Å². The van der Waals surface area contributed by atoms with Crippen molar-refractivity contribution in [2.75, 3.05) is 29.8 Å². The standard InChI is InChI=1S/C17H20ClN3O5S/c1-4-21(5-2)16-13(17(22)23)8-11(10-19-16)20-27(24,25)12-6-7-15(26-3)14(18)9-12/h6-10,20H,4-5H2,1-3H3,(H,22,23). The fourth-order valence-corrected chi connectivity index (χ4v) is 3.86. The molecule has 0 bridgehead atoms. The summed E-state index contributed by atoms with van der Waals surface area (Å²) in [6.07, 6.45) is 1.28. The van der Waals surface area contributed by atoms with Gasteiger partial charge in [-0.05, 0) is 38.1 Å². The number of carboxylic acids is 1. The van der Waals surface area contributed by atoms with Gasteiger partial charge < -0.3 is 14.7 Å². The quantitative estimate of drug-likeness (QED) is 0.684. The lowest BCUT2D eigenvalue weighted by atomic mass is 10.2. The van der Waals surface area contributed by atoms with E-state index >= 15 is 0 Å². The third-order valence-electron chi connectivity index (χ3n) is 3.85. The van der Waals surface area contributed by atoms with Crippen molar-refractivity contribution in [3.8, 4) is 5.75 Å². The Kier molecular flexibility index (Phi) is 6.50. The lowest BCUT2D eigenvalue weighted by molar-refractivity contribution is 0.0697. The summed E-state index contributed by atoms with van der Waals surface area (Å²) in [5.41, 5.74) is -0.0538. The lowest BCUT2D eigenvalue weighted by Crippen LogP contribution is -2.25. The minimum absolute atomic E-state index is 0.0373. The van der Waals surface area contributed by atoms with Crippen molar-refractivity contribution in [3.05, 3.63) is 41.0 Å². The Bertz CT molecular complexity index is 946. The van der Waals surface area contributed by atoms with E-state index in [2.05, 4.69) is 9.71 Å². The topological polar surface area (TPSA) is 109 Å². The number of sulfonamides is 1. The van der Waals surface area contributed by atoms with E-state index in [1.807, 2.05) is 13.8 Å². The molecule has 0 amide bonds. The van der Waals surface area contributed by atoms with Gasteiger partial charge in [0.1, 0.15) is 17.1 Å². The molecule has 1 aromatic carbocycles. The van der Waals surface area contributed by atoms with Gasteiger partial charge in [0.25, 0.3) is 10.0 Å². The van der Waals surface area contributed by atoms with Crippen LogP contribution >= 0.6 is 11.6 Å². The maximum Gasteiger partial charge on any atom is 0.339 e. The van der Waals surface area contributed by atoms with E-state index < -0.39 is 16.0 Å². The zero-order valence-corrected chi connectivity index (χ0v) is 16.6. The smallest absolute Gasteiger partial charge is 0.339 e. The van der Waals surface area contributed by atoms with Crippen molar-refractivity contribution < 1.29 is 23.1 Å². The molecular formula is C17H20ClN3O5S. The van der Waals surface area contributed by atoms with Crippen molar-refractivity contribution >= 4 is 39.1 Å². The van der Waals surface area contributed by atoms with Crippen LogP contribution in [0.15, 0.2) is 35.4 Å². The van der Waals surface area contributed by atoms with Crippen molar-refractivity contribution in [2.24, 2.45) is 0 Å². The summed E-state index contributed by atoms with van der Waals surface area (Å²) in [6.45, 7) is 4.89. The van der Waals surface area contributed by atoms with Crippen LogP contribution in [0.4, 0.5) is 11.5 Å². The molecule has 10 heteroatoms. The van der Waals surface area contributed by atoms with Crippen LogP contribution in [-0.4, -0.2) is 44.7 Å². The number of anilines is 2. The Hall–Kier alpha value is -2.52. The van der Waals surface area contributed by atoms with Gasteiger partial charge in [-0.2, -0.15) is 0 Å². The highest BCUT2D eigenvalue weighted by Gasteiger charge is 2.20. The van der Waals surface area contributed by atoms with E-state index in [1.165, 1.54) is 37.6 Å². The van der Waals surface area contributed by atoms with Crippen LogP contribution in [0.1, 0.15) is 24.2 Å². The zero-order valence-electron chi connectivity index (χ0n) is 15.1. The first-order chi connectivity index (χ1) is 12.7. The number of aromatic carboxylic acids is 1. The highest BCUT2D eigenvalue weighted by molar-refractivity contribution is 7.92. The maximum atomic E-state index is 12.6.